The summed E-state index contributed by atoms with van der Waals surface area (Å²) < 4.78 is 17.5. The van der Waals surface area contributed by atoms with Crippen LogP contribution in [0.3, 0.4) is 0 Å². The zero-order valence-electron chi connectivity index (χ0n) is 41.7. The van der Waals surface area contributed by atoms with E-state index in [4.69, 9.17) is 25.6 Å². The maximum Gasteiger partial charge on any atom is 0.262 e. The fraction of sp³-hybridized carbons (Fsp3) is 0.418. The molecule has 12 heteroatoms. The van der Waals surface area contributed by atoms with Gasteiger partial charge in [-0.3, -0.25) is 24.1 Å². The second-order valence-electron chi connectivity index (χ2n) is 15.9. The highest BCUT2D eigenvalue weighted by molar-refractivity contribution is 6.32. The molecule has 1 aliphatic heterocycles. The van der Waals surface area contributed by atoms with E-state index in [0.29, 0.717) is 41.4 Å². The molecular weight excluding hydrogens is 864 g/mol. The van der Waals surface area contributed by atoms with Crippen molar-refractivity contribution in [3.63, 3.8) is 0 Å². The van der Waals surface area contributed by atoms with Gasteiger partial charge in [-0.25, -0.2) is 0 Å². The van der Waals surface area contributed by atoms with E-state index in [1.807, 2.05) is 65.0 Å². The van der Waals surface area contributed by atoms with Crippen molar-refractivity contribution in [2.75, 3.05) is 18.5 Å². The van der Waals surface area contributed by atoms with Crippen molar-refractivity contribution in [2.45, 2.75) is 139 Å². The summed E-state index contributed by atoms with van der Waals surface area (Å²) in [6, 6.07) is 19.1. The number of hydrogen-bond acceptors (Lipinski definition) is 10. The Morgan fingerprint density at radius 1 is 0.910 bits per heavy atom. The Bertz CT molecular complexity index is 2390. The molecule has 3 aromatic carbocycles. The number of nitriles is 1. The van der Waals surface area contributed by atoms with Crippen LogP contribution in [0.5, 0.6) is 11.5 Å². The fourth-order valence-electron chi connectivity index (χ4n) is 6.60. The molecule has 5 rings (SSSR count). The van der Waals surface area contributed by atoms with Crippen molar-refractivity contribution in [1.82, 2.24) is 10.1 Å². The Kier molecular flexibility index (Phi) is 24.4. The summed E-state index contributed by atoms with van der Waals surface area (Å²) in [7, 11) is 0. The number of hydrogen-bond donors (Lipinski definition) is 1. The summed E-state index contributed by atoms with van der Waals surface area (Å²) >= 11 is 6.75. The van der Waals surface area contributed by atoms with Gasteiger partial charge >= 0.3 is 0 Å². The lowest BCUT2D eigenvalue weighted by molar-refractivity contribution is -0.122. The molecule has 0 spiro atoms. The van der Waals surface area contributed by atoms with E-state index in [1.165, 1.54) is 30.2 Å². The molecule has 1 aliphatic rings. The number of nitrogens with zero attached hydrogens (tertiary/aromatic N) is 3. The Labute approximate surface area is 404 Å². The van der Waals surface area contributed by atoms with Crippen molar-refractivity contribution in [2.24, 2.45) is 0 Å². The highest BCUT2D eigenvalue weighted by Crippen LogP contribution is 2.39. The molecule has 1 atom stereocenters. The maximum absolute atomic E-state index is 13.4. The van der Waals surface area contributed by atoms with Crippen LogP contribution in [-0.4, -0.2) is 52.7 Å². The number of Topliss-reactive ketones (excluding diaryl/α,β-unsaturated/α-hetero) is 2. The molecule has 1 aromatic heterocycles. The second-order valence-corrected chi connectivity index (χ2v) is 16.3. The number of amides is 2. The number of halogens is 1. The first-order chi connectivity index (χ1) is 32.1. The summed E-state index contributed by atoms with van der Waals surface area (Å²) in [4.78, 5) is 51.8. The van der Waals surface area contributed by atoms with Gasteiger partial charge in [-0.2, -0.15) is 5.26 Å². The van der Waals surface area contributed by atoms with E-state index in [1.54, 1.807) is 25.1 Å². The number of ether oxygens (including phenoxy) is 2. The van der Waals surface area contributed by atoms with E-state index in [-0.39, 0.29) is 53.8 Å². The summed E-state index contributed by atoms with van der Waals surface area (Å²) in [5, 5.41) is 17.6. The van der Waals surface area contributed by atoms with Gasteiger partial charge in [-0.15, -0.1) is 6.58 Å². The summed E-state index contributed by atoms with van der Waals surface area (Å²) in [6.07, 6.45) is 10.1. The lowest BCUT2D eigenvalue weighted by Crippen LogP contribution is -2.44. The minimum atomic E-state index is -1.02. The molecule has 11 nitrogen and oxygen atoms in total. The number of benzene rings is 3. The number of aromatic nitrogens is 1. The van der Waals surface area contributed by atoms with Gasteiger partial charge in [0, 0.05) is 36.4 Å². The van der Waals surface area contributed by atoms with Crippen LogP contribution in [0.25, 0.3) is 0 Å². The lowest BCUT2D eigenvalue weighted by atomic mass is 9.77. The SMILES string of the molecule is C=C(C)CC.CC.CC.CC/C=C/C=C(\CC)COc1ccc(C(C)(C)c2cc(Cl)c(OCCc3cc(Nc4ccc5c(c4)C(=O)N(C(CCC(=O)CC)C(C)=O)C5=O)on3)c(C#N)c2)cc1. The monoisotopic (exact) mass is 935 g/mol. The third-order valence-electron chi connectivity index (χ3n) is 10.9. The van der Waals surface area contributed by atoms with Gasteiger partial charge in [0.2, 0.25) is 5.88 Å². The Morgan fingerprint density at radius 2 is 1.57 bits per heavy atom. The van der Waals surface area contributed by atoms with Gasteiger partial charge in [0.05, 0.1) is 40.1 Å². The van der Waals surface area contributed by atoms with Gasteiger partial charge < -0.3 is 19.3 Å². The average Bonchev–Trinajstić information content (AvgIpc) is 3.88. The number of anilines is 2. The quantitative estimate of drug-likeness (QED) is 0.0485. The van der Waals surface area contributed by atoms with E-state index in [0.717, 1.165) is 41.0 Å². The first kappa shape index (κ1) is 56.9. The summed E-state index contributed by atoms with van der Waals surface area (Å²) in [5.74, 6) is -0.249. The Morgan fingerprint density at radius 3 is 2.15 bits per heavy atom. The molecule has 0 radical (unpaired) electrons. The van der Waals surface area contributed by atoms with Gasteiger partial charge in [-0.05, 0) is 98.7 Å². The molecular formula is C55H71ClN4O7. The second kappa shape index (κ2) is 28.7. The smallest absolute Gasteiger partial charge is 0.262 e. The minimum absolute atomic E-state index is 0.0493. The molecule has 0 saturated heterocycles. The maximum atomic E-state index is 13.4. The zero-order chi connectivity index (χ0) is 50.3. The van der Waals surface area contributed by atoms with E-state index >= 15 is 0 Å². The standard InChI is InChI=1S/C46H49ClN4O7.C5H10.2C2H6/c1-7-10-11-12-30(8-2)28-57-37-17-13-32(14-18-37)46(5,6)33-23-31(27-48)43(40(47)24-33)56-22-21-35-26-42(58-50-35)49-34-15-19-38-39(25-34)45(55)51(44(38)54)41(29(4)52)20-16-36(53)9-3;1-4-5(2)3;2*1-2/h10-15,17-19,23-26,41,49H,7-9,16,20-22,28H2,1-6H3;2,4H2,1,3H3;2*1-2H3/b11-10+,30-12+;;;. The van der Waals surface area contributed by atoms with Crippen molar-refractivity contribution in [3.05, 3.63) is 135 Å². The van der Waals surface area contributed by atoms with Gasteiger partial charge in [0.25, 0.3) is 11.8 Å². The third kappa shape index (κ3) is 16.2. The van der Waals surface area contributed by atoms with E-state index < -0.39 is 23.3 Å². The first-order valence-electron chi connectivity index (χ1n) is 23.4. The fourth-order valence-corrected chi connectivity index (χ4v) is 6.87. The van der Waals surface area contributed by atoms with Crippen LogP contribution < -0.4 is 14.8 Å². The van der Waals surface area contributed by atoms with Crippen molar-refractivity contribution in [1.29, 1.82) is 5.26 Å². The molecule has 2 heterocycles. The van der Waals surface area contributed by atoms with Gasteiger partial charge in [0.15, 0.2) is 11.5 Å². The predicted octanol–water partition coefficient (Wildman–Crippen LogP) is 13.9. The van der Waals surface area contributed by atoms with Crippen LogP contribution in [0.4, 0.5) is 11.6 Å². The number of imide groups is 1. The van der Waals surface area contributed by atoms with E-state index in [2.05, 4.69) is 76.0 Å². The van der Waals surface area contributed by atoms with Crippen LogP contribution in [-0.2, 0) is 21.4 Å². The molecule has 0 fully saturated rings. The molecule has 0 saturated carbocycles. The zero-order valence-corrected chi connectivity index (χ0v) is 42.5. The largest absolute Gasteiger partial charge is 0.490 e. The number of allylic oxidation sites excluding steroid dienone is 4. The van der Waals surface area contributed by atoms with Gasteiger partial charge in [0.1, 0.15) is 24.2 Å². The van der Waals surface area contributed by atoms with Crippen molar-refractivity contribution >= 4 is 46.6 Å². The summed E-state index contributed by atoms with van der Waals surface area (Å²) in [6.45, 7) is 27.9. The summed E-state index contributed by atoms with van der Waals surface area (Å²) in [5.41, 5.74) is 5.51. The number of rotatable bonds is 21. The van der Waals surface area contributed by atoms with Crippen molar-refractivity contribution < 1.29 is 33.2 Å². The van der Waals surface area contributed by atoms with Crippen LogP contribution in [0.2, 0.25) is 5.02 Å². The number of carbonyl (C=O) groups is 4. The average molecular weight is 936 g/mol. The normalized spacial score (nSPS) is 12.4. The molecule has 1 unspecified atom stereocenters. The molecule has 0 bridgehead atoms. The molecule has 0 aliphatic carbocycles. The van der Waals surface area contributed by atoms with E-state index in [9.17, 15) is 24.4 Å². The van der Waals surface area contributed by atoms with Crippen LogP contribution in [0, 0.1) is 11.3 Å². The van der Waals surface area contributed by atoms with Crippen LogP contribution in [0.15, 0.2) is 101 Å². The Hall–Kier alpha value is -6.25. The predicted molar refractivity (Wildman–Crippen MR) is 271 cm³/mol. The van der Waals surface area contributed by atoms with Crippen LogP contribution in [0.1, 0.15) is 165 Å². The highest BCUT2D eigenvalue weighted by Gasteiger charge is 2.42. The molecule has 67 heavy (non-hydrogen) atoms. The Balaban J connectivity index is 0.00000158. The van der Waals surface area contributed by atoms with Gasteiger partial charge in [-0.1, -0.05) is 122 Å². The minimum Gasteiger partial charge on any atom is -0.490 e. The first-order valence-corrected chi connectivity index (χ1v) is 23.8. The number of nitrogens with one attached hydrogen (secondary N) is 1. The number of fused-ring (bicyclic) bond motifs is 1. The molecule has 2 amide bonds. The number of ketones is 2. The highest BCUT2D eigenvalue weighted by atomic mass is 35.5. The van der Waals surface area contributed by atoms with Crippen LogP contribution >= 0.6 is 11.6 Å². The van der Waals surface area contributed by atoms with Crippen molar-refractivity contribution in [3.8, 4) is 17.6 Å². The number of carbonyl (C=O) groups excluding carboxylic acids is 4. The molecule has 4 aromatic rings. The lowest BCUT2D eigenvalue weighted by Gasteiger charge is -2.27. The third-order valence-corrected chi connectivity index (χ3v) is 11.1. The topological polar surface area (TPSA) is 152 Å². The molecule has 1 N–H and O–H groups in total. The molecule has 360 valence electrons.